The number of hydrogen-bond donors (Lipinski definition) is 0. The molecular weight excluding hydrogens is 248 g/mol. The third kappa shape index (κ3) is 3.33. The molecule has 1 aromatic carbocycles. The third-order valence-electron chi connectivity index (χ3n) is 3.65. The van der Waals surface area contributed by atoms with Crippen LogP contribution in [0.5, 0.6) is 0 Å². The van der Waals surface area contributed by atoms with Gasteiger partial charge in [-0.3, -0.25) is 0 Å². The van der Waals surface area contributed by atoms with Gasteiger partial charge in [0.2, 0.25) is 0 Å². The molecule has 0 fully saturated rings. The fourth-order valence-corrected chi connectivity index (χ4v) is 5.57. The van der Waals surface area contributed by atoms with Crippen molar-refractivity contribution in [3.05, 3.63) is 53.5 Å². The molecule has 0 spiro atoms. The average molecular weight is 276 g/mol. The van der Waals surface area contributed by atoms with Crippen LogP contribution in [0.25, 0.3) is 0 Å². The van der Waals surface area contributed by atoms with Gasteiger partial charge in [0.05, 0.1) is 0 Å². The number of benzene rings is 1. The molecule has 0 saturated carbocycles. The fraction of sp³-hybridized carbons (Fsp3) is 0.444. The lowest BCUT2D eigenvalue weighted by atomic mass is 10.3. The predicted octanol–water partition coefficient (Wildman–Crippen LogP) is 6.15. The van der Waals surface area contributed by atoms with Crippen LogP contribution in [-0.2, 0) is 0 Å². The summed E-state index contributed by atoms with van der Waals surface area (Å²) >= 11 is 0. The van der Waals surface area contributed by atoms with E-state index in [0.717, 1.165) is 6.42 Å². The minimum absolute atomic E-state index is 0.245. The second-order valence-corrected chi connectivity index (χ2v) is 9.86. The van der Waals surface area contributed by atoms with E-state index in [-0.39, 0.29) is 4.75 Å². The van der Waals surface area contributed by atoms with Crippen molar-refractivity contribution in [3.8, 4) is 0 Å². The summed E-state index contributed by atoms with van der Waals surface area (Å²) < 4.78 is 0.245. The summed E-state index contributed by atoms with van der Waals surface area (Å²) in [6.07, 6.45) is 10.4. The molecular formula is C18H28S. The van der Waals surface area contributed by atoms with Crippen molar-refractivity contribution in [2.75, 3.05) is 6.26 Å². The first-order valence-electron chi connectivity index (χ1n) is 7.03. The van der Waals surface area contributed by atoms with Crippen LogP contribution in [0.15, 0.2) is 58.4 Å². The SMILES string of the molecule is C/C=C\C(=C/CC)S(C)(c1ccccc1)C(C)(C)C. The van der Waals surface area contributed by atoms with Gasteiger partial charge in [-0.05, 0) is 46.3 Å². The molecule has 1 aromatic rings. The van der Waals surface area contributed by atoms with Crippen molar-refractivity contribution in [1.29, 1.82) is 0 Å². The smallest absolute Gasteiger partial charge is 0.000794 e. The van der Waals surface area contributed by atoms with E-state index in [1.54, 1.807) is 0 Å². The van der Waals surface area contributed by atoms with Crippen LogP contribution in [0, 0.1) is 0 Å². The lowest BCUT2D eigenvalue weighted by Crippen LogP contribution is -2.25. The Morgan fingerprint density at radius 1 is 1.16 bits per heavy atom. The Kier molecular flexibility index (Phi) is 5.49. The van der Waals surface area contributed by atoms with E-state index in [2.05, 4.69) is 89.4 Å². The summed E-state index contributed by atoms with van der Waals surface area (Å²) in [5.74, 6) is 0. The minimum atomic E-state index is -1.02. The molecule has 0 heterocycles. The van der Waals surface area contributed by atoms with Crippen LogP contribution in [0.3, 0.4) is 0 Å². The molecule has 0 radical (unpaired) electrons. The van der Waals surface area contributed by atoms with Gasteiger partial charge in [0.25, 0.3) is 0 Å². The Balaban J connectivity index is 3.49. The van der Waals surface area contributed by atoms with Gasteiger partial charge in [-0.2, -0.15) is 10.0 Å². The summed E-state index contributed by atoms with van der Waals surface area (Å²) in [5.41, 5.74) is 0. The molecule has 0 nitrogen and oxygen atoms in total. The molecule has 19 heavy (non-hydrogen) atoms. The zero-order valence-electron chi connectivity index (χ0n) is 13.2. The highest BCUT2D eigenvalue weighted by molar-refractivity contribution is 8.37. The normalized spacial score (nSPS) is 18.3. The first-order valence-corrected chi connectivity index (χ1v) is 9.08. The maximum Gasteiger partial charge on any atom is -0.000794 e. The van der Waals surface area contributed by atoms with E-state index in [4.69, 9.17) is 0 Å². The molecule has 0 aliphatic carbocycles. The van der Waals surface area contributed by atoms with Gasteiger partial charge in [-0.15, -0.1) is 0 Å². The van der Waals surface area contributed by atoms with Crippen molar-refractivity contribution in [1.82, 2.24) is 0 Å². The molecule has 0 aliphatic rings. The second-order valence-electron chi connectivity index (χ2n) is 5.86. The molecule has 0 saturated heterocycles. The monoisotopic (exact) mass is 276 g/mol. The van der Waals surface area contributed by atoms with Gasteiger partial charge < -0.3 is 0 Å². The molecule has 1 heteroatoms. The van der Waals surface area contributed by atoms with E-state index in [9.17, 15) is 0 Å². The highest BCUT2D eigenvalue weighted by atomic mass is 32.3. The van der Waals surface area contributed by atoms with Gasteiger partial charge in [0.1, 0.15) is 0 Å². The first-order chi connectivity index (χ1) is 8.87. The molecule has 1 unspecified atom stereocenters. The van der Waals surface area contributed by atoms with Gasteiger partial charge in [-0.1, -0.05) is 64.1 Å². The number of allylic oxidation sites excluding steroid dienone is 3. The molecule has 1 rings (SSSR count). The minimum Gasteiger partial charge on any atom is -0.186 e. The van der Waals surface area contributed by atoms with Crippen LogP contribution in [0.4, 0.5) is 0 Å². The molecule has 0 aliphatic heterocycles. The molecule has 0 amide bonds. The van der Waals surface area contributed by atoms with Crippen LogP contribution in [0.1, 0.15) is 41.0 Å². The van der Waals surface area contributed by atoms with Crippen LogP contribution in [0.2, 0.25) is 0 Å². The lowest BCUT2D eigenvalue weighted by Gasteiger charge is -2.49. The molecule has 0 aromatic heterocycles. The first kappa shape index (κ1) is 16.1. The van der Waals surface area contributed by atoms with Gasteiger partial charge in [0.15, 0.2) is 0 Å². The van der Waals surface area contributed by atoms with E-state index in [1.165, 1.54) is 9.80 Å². The third-order valence-corrected chi connectivity index (χ3v) is 8.56. The molecule has 0 N–H and O–H groups in total. The van der Waals surface area contributed by atoms with Gasteiger partial charge >= 0.3 is 0 Å². The van der Waals surface area contributed by atoms with Crippen molar-refractivity contribution >= 4 is 10.0 Å². The van der Waals surface area contributed by atoms with Crippen LogP contribution >= 0.6 is 10.0 Å². The topological polar surface area (TPSA) is 0 Å². The average Bonchev–Trinajstić information content (AvgIpc) is 2.37. The summed E-state index contributed by atoms with van der Waals surface area (Å²) in [5, 5.41) is 0. The van der Waals surface area contributed by atoms with Gasteiger partial charge in [0, 0.05) is 0 Å². The summed E-state index contributed by atoms with van der Waals surface area (Å²) in [6, 6.07) is 11.0. The van der Waals surface area contributed by atoms with Crippen molar-refractivity contribution < 1.29 is 0 Å². The highest BCUT2D eigenvalue weighted by Crippen LogP contribution is 2.68. The Bertz CT molecular complexity index is 448. The maximum absolute atomic E-state index is 2.45. The second kappa shape index (κ2) is 6.47. The fourth-order valence-electron chi connectivity index (χ4n) is 2.27. The summed E-state index contributed by atoms with van der Waals surface area (Å²) in [7, 11) is -1.02. The van der Waals surface area contributed by atoms with Gasteiger partial charge in [-0.25, -0.2) is 0 Å². The van der Waals surface area contributed by atoms with E-state index in [1.807, 2.05) is 0 Å². The Labute approximate surface area is 120 Å². The van der Waals surface area contributed by atoms with Crippen molar-refractivity contribution in [2.24, 2.45) is 0 Å². The van der Waals surface area contributed by atoms with Crippen molar-refractivity contribution in [2.45, 2.75) is 50.7 Å². The highest BCUT2D eigenvalue weighted by Gasteiger charge is 2.36. The summed E-state index contributed by atoms with van der Waals surface area (Å²) in [6.45, 7) is 11.4. The quantitative estimate of drug-likeness (QED) is 0.579. The molecule has 106 valence electrons. The molecule has 0 bridgehead atoms. The Morgan fingerprint density at radius 2 is 1.74 bits per heavy atom. The standard InChI is InChI=1S/C18H28S/c1-7-12-16(13-8-2)19(6,18(3,4)5)17-14-10-9-11-15-17/h7,9-15H,8H2,1-6H3/b12-7-,16-13+. The van der Waals surface area contributed by atoms with E-state index < -0.39 is 10.0 Å². The largest absolute Gasteiger partial charge is 0.186 e. The van der Waals surface area contributed by atoms with E-state index >= 15 is 0 Å². The van der Waals surface area contributed by atoms with Crippen LogP contribution in [-0.4, -0.2) is 11.0 Å². The molecule has 1 atom stereocenters. The maximum atomic E-state index is 2.45. The zero-order chi connectivity index (χ0) is 14.5. The van der Waals surface area contributed by atoms with Crippen LogP contribution < -0.4 is 0 Å². The zero-order valence-corrected chi connectivity index (χ0v) is 14.1. The summed E-state index contributed by atoms with van der Waals surface area (Å²) in [4.78, 5) is 2.97. The lowest BCUT2D eigenvalue weighted by molar-refractivity contribution is 0.787. The Hall–Kier alpha value is -0.950. The van der Waals surface area contributed by atoms with Crippen molar-refractivity contribution in [3.63, 3.8) is 0 Å². The number of rotatable bonds is 4. The number of hydrogen-bond acceptors (Lipinski definition) is 0. The van der Waals surface area contributed by atoms with E-state index in [0.29, 0.717) is 0 Å². The Morgan fingerprint density at radius 3 is 2.16 bits per heavy atom. The predicted molar refractivity (Wildman–Crippen MR) is 91.2 cm³/mol.